The van der Waals surface area contributed by atoms with Crippen LogP contribution in [0.2, 0.25) is 0 Å². The lowest BCUT2D eigenvalue weighted by Gasteiger charge is -2.29. The second-order valence-corrected chi connectivity index (χ2v) is 11.1. The summed E-state index contributed by atoms with van der Waals surface area (Å²) in [4.78, 5) is 27.6. The average molecular weight is 489 g/mol. The molecule has 0 bridgehead atoms. The van der Waals surface area contributed by atoms with Crippen LogP contribution in [-0.4, -0.2) is 47.4 Å². The molecule has 6 nitrogen and oxygen atoms in total. The van der Waals surface area contributed by atoms with Crippen LogP contribution in [0.3, 0.4) is 0 Å². The molecule has 1 fully saturated rings. The normalized spacial score (nSPS) is 16.1. The van der Waals surface area contributed by atoms with Gasteiger partial charge in [-0.1, -0.05) is 58.9 Å². The molecule has 1 aliphatic rings. The standard InChI is InChI=1S/C12H12N2OS.C9H21N.C6H11NO/c1-9-12(16-8-14-9)11-4-2-10(3-5-11)6-13-7-15;1-7(2)10-8(3)9(4,5)6;1-6-3-2-4-7(6)5-8/h2-5,7-8H,6H2,1H3,(H,13,15);7-8,10H,1-6H3;5-6H,2-4H2,1H3. The van der Waals surface area contributed by atoms with Gasteiger partial charge >= 0.3 is 0 Å². The number of hydrogen-bond donors (Lipinski definition) is 2. The minimum absolute atomic E-state index is 0.379. The van der Waals surface area contributed by atoms with E-state index in [4.69, 9.17) is 0 Å². The zero-order valence-corrected chi connectivity index (χ0v) is 23.0. The number of nitrogens with zero attached hydrogens (tertiary/aromatic N) is 2. The van der Waals surface area contributed by atoms with Gasteiger partial charge in [-0.2, -0.15) is 0 Å². The maximum atomic E-state index is 10.2. The molecule has 3 rings (SSSR count). The van der Waals surface area contributed by atoms with Crippen LogP contribution in [0.4, 0.5) is 0 Å². The first-order chi connectivity index (χ1) is 16.0. The van der Waals surface area contributed by atoms with Gasteiger partial charge in [0.2, 0.25) is 12.8 Å². The van der Waals surface area contributed by atoms with Crippen molar-refractivity contribution >= 4 is 24.2 Å². The van der Waals surface area contributed by atoms with E-state index in [2.05, 4.69) is 76.2 Å². The van der Waals surface area contributed by atoms with Crippen LogP contribution in [0.15, 0.2) is 29.8 Å². The van der Waals surface area contributed by atoms with Gasteiger partial charge in [0.05, 0.1) is 16.1 Å². The van der Waals surface area contributed by atoms with E-state index >= 15 is 0 Å². The largest absolute Gasteiger partial charge is 0.355 e. The maximum Gasteiger partial charge on any atom is 0.209 e. The Hall–Kier alpha value is -2.25. The third kappa shape index (κ3) is 10.8. The van der Waals surface area contributed by atoms with Crippen molar-refractivity contribution in [2.45, 2.75) is 92.9 Å². The van der Waals surface area contributed by atoms with Gasteiger partial charge in [0.1, 0.15) is 0 Å². The van der Waals surface area contributed by atoms with E-state index in [1.807, 2.05) is 29.5 Å². The van der Waals surface area contributed by atoms with Crippen molar-refractivity contribution in [2.24, 2.45) is 5.41 Å². The Morgan fingerprint density at radius 2 is 1.82 bits per heavy atom. The molecular weight excluding hydrogens is 444 g/mol. The summed E-state index contributed by atoms with van der Waals surface area (Å²) >= 11 is 1.64. The Morgan fingerprint density at radius 1 is 1.18 bits per heavy atom. The summed E-state index contributed by atoms with van der Waals surface area (Å²) in [5.74, 6) is 0. The predicted octanol–water partition coefficient (Wildman–Crippen LogP) is 5.41. The Balaban J connectivity index is 0.000000277. The van der Waals surface area contributed by atoms with Crippen molar-refractivity contribution in [3.63, 3.8) is 0 Å². The summed E-state index contributed by atoms with van der Waals surface area (Å²) in [5, 5.41) is 6.12. The predicted molar refractivity (Wildman–Crippen MR) is 144 cm³/mol. The highest BCUT2D eigenvalue weighted by Gasteiger charge is 2.19. The number of likely N-dealkylation sites (tertiary alicyclic amines) is 1. The number of thiazole rings is 1. The first kappa shape index (κ1) is 29.8. The molecule has 2 amide bonds. The quantitative estimate of drug-likeness (QED) is 0.511. The number of benzene rings is 1. The van der Waals surface area contributed by atoms with Gasteiger partial charge in [0.15, 0.2) is 0 Å². The monoisotopic (exact) mass is 488 g/mol. The number of nitrogens with one attached hydrogen (secondary N) is 2. The average Bonchev–Trinajstić information content (AvgIpc) is 3.40. The molecule has 0 radical (unpaired) electrons. The number of amides is 2. The highest BCUT2D eigenvalue weighted by molar-refractivity contribution is 7.13. The summed E-state index contributed by atoms with van der Waals surface area (Å²) in [6.07, 6.45) is 4.01. The third-order valence-corrected chi connectivity index (χ3v) is 6.95. The molecule has 7 heteroatoms. The van der Waals surface area contributed by atoms with Crippen molar-refractivity contribution in [3.8, 4) is 10.4 Å². The minimum atomic E-state index is 0.379. The molecule has 0 aliphatic carbocycles. The van der Waals surface area contributed by atoms with Crippen LogP contribution >= 0.6 is 11.3 Å². The van der Waals surface area contributed by atoms with E-state index in [-0.39, 0.29) is 0 Å². The van der Waals surface area contributed by atoms with E-state index in [0.717, 1.165) is 24.2 Å². The summed E-state index contributed by atoms with van der Waals surface area (Å²) in [6.45, 7) is 19.0. The summed E-state index contributed by atoms with van der Waals surface area (Å²) in [5.41, 5.74) is 5.56. The number of aryl methyl sites for hydroxylation is 1. The highest BCUT2D eigenvalue weighted by Crippen LogP contribution is 2.27. The fraction of sp³-hybridized carbons (Fsp3) is 0.593. The Bertz CT molecular complexity index is 843. The van der Waals surface area contributed by atoms with Crippen molar-refractivity contribution < 1.29 is 9.59 Å². The zero-order valence-electron chi connectivity index (χ0n) is 22.2. The molecular formula is C27H44N4O2S. The number of hydrogen-bond acceptors (Lipinski definition) is 5. The van der Waals surface area contributed by atoms with E-state index in [0.29, 0.717) is 36.5 Å². The lowest BCUT2D eigenvalue weighted by Crippen LogP contribution is -2.41. The Morgan fingerprint density at radius 3 is 2.18 bits per heavy atom. The molecule has 2 unspecified atom stereocenters. The van der Waals surface area contributed by atoms with Crippen molar-refractivity contribution in [2.75, 3.05) is 6.54 Å². The van der Waals surface area contributed by atoms with Crippen molar-refractivity contribution in [3.05, 3.63) is 41.0 Å². The summed E-state index contributed by atoms with van der Waals surface area (Å²) < 4.78 is 0. The fourth-order valence-corrected chi connectivity index (χ4v) is 4.19. The smallest absolute Gasteiger partial charge is 0.209 e. The molecule has 2 atom stereocenters. The van der Waals surface area contributed by atoms with Crippen molar-refractivity contribution in [1.82, 2.24) is 20.5 Å². The molecule has 190 valence electrons. The maximum absolute atomic E-state index is 10.2. The van der Waals surface area contributed by atoms with Crippen LogP contribution in [0.1, 0.15) is 72.6 Å². The lowest BCUT2D eigenvalue weighted by atomic mass is 9.88. The van der Waals surface area contributed by atoms with Gasteiger partial charge in [-0.3, -0.25) is 9.59 Å². The topological polar surface area (TPSA) is 74.3 Å². The Labute approximate surface area is 210 Å². The van der Waals surface area contributed by atoms with Crippen molar-refractivity contribution in [1.29, 1.82) is 0 Å². The van der Waals surface area contributed by atoms with Gasteiger partial charge in [-0.05, 0) is 50.2 Å². The first-order valence-corrected chi connectivity index (χ1v) is 13.0. The first-order valence-electron chi connectivity index (χ1n) is 12.1. The van der Waals surface area contributed by atoms with E-state index in [1.54, 1.807) is 11.3 Å². The minimum Gasteiger partial charge on any atom is -0.355 e. The van der Waals surface area contributed by atoms with Gasteiger partial charge in [0.25, 0.3) is 0 Å². The SMILES string of the molecule is CC(C)NC(C)C(C)(C)C.CC1CCCN1C=O.Cc1ncsc1-c1ccc(CNC=O)cc1. The van der Waals surface area contributed by atoms with Crippen LogP contribution in [-0.2, 0) is 16.1 Å². The number of carbonyl (C=O) groups is 2. The molecule has 2 heterocycles. The number of rotatable bonds is 7. The summed E-state index contributed by atoms with van der Waals surface area (Å²) in [6, 6.07) is 9.83. The van der Waals surface area contributed by atoms with Gasteiger partial charge < -0.3 is 15.5 Å². The van der Waals surface area contributed by atoms with Gasteiger partial charge in [-0.15, -0.1) is 11.3 Å². The second kappa shape index (κ2) is 14.9. The lowest BCUT2D eigenvalue weighted by molar-refractivity contribution is -0.118. The zero-order chi connectivity index (χ0) is 25.7. The number of carbonyl (C=O) groups excluding carboxylic acids is 2. The van der Waals surface area contributed by atoms with Crippen LogP contribution < -0.4 is 10.6 Å². The molecule has 1 aliphatic heterocycles. The molecule has 1 aromatic heterocycles. The molecule has 0 saturated carbocycles. The fourth-order valence-electron chi connectivity index (χ4n) is 3.37. The van der Waals surface area contributed by atoms with Gasteiger partial charge in [0, 0.05) is 31.2 Å². The second-order valence-electron chi connectivity index (χ2n) is 10.2. The third-order valence-electron chi connectivity index (χ3n) is 5.97. The molecule has 34 heavy (non-hydrogen) atoms. The Kier molecular flexibility index (Phi) is 13.0. The highest BCUT2D eigenvalue weighted by atomic mass is 32.1. The van der Waals surface area contributed by atoms with E-state index in [9.17, 15) is 9.59 Å². The van der Waals surface area contributed by atoms with Crippen LogP contribution in [0, 0.1) is 12.3 Å². The van der Waals surface area contributed by atoms with E-state index in [1.165, 1.54) is 23.3 Å². The molecule has 0 spiro atoms. The molecule has 1 saturated heterocycles. The molecule has 1 aromatic carbocycles. The van der Waals surface area contributed by atoms with E-state index < -0.39 is 0 Å². The number of aromatic nitrogens is 1. The van der Waals surface area contributed by atoms with Crippen LogP contribution in [0.5, 0.6) is 0 Å². The van der Waals surface area contributed by atoms with Crippen LogP contribution in [0.25, 0.3) is 10.4 Å². The summed E-state index contributed by atoms with van der Waals surface area (Å²) in [7, 11) is 0. The molecule has 2 N–H and O–H groups in total. The van der Waals surface area contributed by atoms with Gasteiger partial charge in [-0.25, -0.2) is 4.98 Å². The molecule has 2 aromatic rings.